The standard InChI is InChI=1S/C8HBr3Cl2O2/c9-3-1-2(7(12)14)5(10)6(11)4(3)8(13)15/h1H. The zero-order chi connectivity index (χ0) is 11.7. The summed E-state index contributed by atoms with van der Waals surface area (Å²) in [7, 11) is 0. The van der Waals surface area contributed by atoms with Crippen molar-refractivity contribution < 1.29 is 9.59 Å². The molecule has 0 fully saturated rings. The Bertz CT molecular complexity index is 460. The lowest BCUT2D eigenvalue weighted by molar-refractivity contribution is 0.106. The van der Waals surface area contributed by atoms with E-state index in [1.807, 2.05) is 0 Å². The zero-order valence-corrected chi connectivity index (χ0v) is 13.1. The van der Waals surface area contributed by atoms with Gasteiger partial charge in [0.05, 0.1) is 11.1 Å². The first-order valence-electron chi connectivity index (χ1n) is 3.43. The molecule has 0 radical (unpaired) electrons. The topological polar surface area (TPSA) is 34.1 Å². The summed E-state index contributed by atoms with van der Waals surface area (Å²) in [6.45, 7) is 0. The molecule has 0 aliphatic carbocycles. The molecule has 15 heavy (non-hydrogen) atoms. The van der Waals surface area contributed by atoms with Crippen molar-refractivity contribution in [1.29, 1.82) is 0 Å². The van der Waals surface area contributed by atoms with E-state index in [4.69, 9.17) is 23.2 Å². The minimum Gasteiger partial charge on any atom is -0.276 e. The Hall–Kier alpha value is 0.580. The minimum absolute atomic E-state index is 0.241. The number of rotatable bonds is 2. The molecule has 0 N–H and O–H groups in total. The van der Waals surface area contributed by atoms with Gasteiger partial charge in [0, 0.05) is 13.4 Å². The van der Waals surface area contributed by atoms with Gasteiger partial charge in [-0.2, -0.15) is 0 Å². The van der Waals surface area contributed by atoms with Crippen LogP contribution in [0.5, 0.6) is 0 Å². The summed E-state index contributed by atoms with van der Waals surface area (Å²) in [5.74, 6) is 0. The predicted octanol–water partition coefficient (Wildman–Crippen LogP) is 4.73. The third-order valence-electron chi connectivity index (χ3n) is 1.57. The predicted molar refractivity (Wildman–Crippen MR) is 69.9 cm³/mol. The second-order valence-electron chi connectivity index (χ2n) is 2.46. The van der Waals surface area contributed by atoms with Crippen LogP contribution in [-0.2, 0) is 0 Å². The molecule has 0 heterocycles. The van der Waals surface area contributed by atoms with Gasteiger partial charge in [-0.3, -0.25) is 9.59 Å². The van der Waals surface area contributed by atoms with Gasteiger partial charge in [-0.1, -0.05) is 0 Å². The third-order valence-corrected chi connectivity index (χ3v) is 4.73. The molecule has 1 aromatic rings. The van der Waals surface area contributed by atoms with Gasteiger partial charge in [-0.25, -0.2) is 0 Å². The molecule has 1 rings (SSSR count). The molecular weight excluding hydrogens is 439 g/mol. The molecule has 0 atom stereocenters. The number of halogens is 5. The van der Waals surface area contributed by atoms with Gasteiger partial charge in [0.25, 0.3) is 10.5 Å². The van der Waals surface area contributed by atoms with Crippen LogP contribution in [0.25, 0.3) is 0 Å². The lowest BCUT2D eigenvalue weighted by Crippen LogP contribution is -1.99. The summed E-state index contributed by atoms with van der Waals surface area (Å²) in [6, 6.07) is 1.43. The Morgan fingerprint density at radius 3 is 1.93 bits per heavy atom. The first-order chi connectivity index (χ1) is 6.86. The number of benzene rings is 1. The van der Waals surface area contributed by atoms with Crippen LogP contribution in [0.1, 0.15) is 20.7 Å². The SMILES string of the molecule is O=C(Cl)c1cc(Br)c(C(=O)Cl)c(Br)c1Br. The summed E-state index contributed by atoms with van der Waals surface area (Å²) >= 11 is 20.2. The molecule has 0 saturated carbocycles. The van der Waals surface area contributed by atoms with E-state index in [2.05, 4.69) is 47.8 Å². The lowest BCUT2D eigenvalue weighted by Gasteiger charge is -2.08. The van der Waals surface area contributed by atoms with E-state index in [1.165, 1.54) is 6.07 Å². The molecule has 0 bridgehead atoms. The monoisotopic (exact) mass is 436 g/mol. The van der Waals surface area contributed by atoms with E-state index >= 15 is 0 Å². The van der Waals surface area contributed by atoms with E-state index in [-0.39, 0.29) is 11.1 Å². The summed E-state index contributed by atoms with van der Waals surface area (Å²) < 4.78 is 1.19. The maximum Gasteiger partial charge on any atom is 0.254 e. The van der Waals surface area contributed by atoms with Crippen molar-refractivity contribution in [3.63, 3.8) is 0 Å². The molecule has 0 aromatic heterocycles. The molecule has 0 saturated heterocycles. The van der Waals surface area contributed by atoms with Crippen molar-refractivity contribution in [2.24, 2.45) is 0 Å². The van der Waals surface area contributed by atoms with Crippen molar-refractivity contribution in [3.05, 3.63) is 30.6 Å². The fourth-order valence-corrected chi connectivity index (χ4v) is 3.58. The first kappa shape index (κ1) is 13.6. The normalized spacial score (nSPS) is 10.2. The van der Waals surface area contributed by atoms with Gasteiger partial charge in [0.2, 0.25) is 0 Å². The number of hydrogen-bond donors (Lipinski definition) is 0. The third kappa shape index (κ3) is 2.82. The minimum atomic E-state index is -0.636. The Balaban J connectivity index is 3.58. The largest absolute Gasteiger partial charge is 0.276 e. The van der Waals surface area contributed by atoms with E-state index < -0.39 is 10.5 Å². The molecule has 0 aliphatic rings. The van der Waals surface area contributed by atoms with Crippen molar-refractivity contribution in [3.8, 4) is 0 Å². The van der Waals surface area contributed by atoms with Crippen molar-refractivity contribution >= 4 is 81.5 Å². The molecule has 2 nitrogen and oxygen atoms in total. The van der Waals surface area contributed by atoms with E-state index in [0.717, 1.165) is 0 Å². The first-order valence-corrected chi connectivity index (χ1v) is 6.57. The van der Waals surface area contributed by atoms with Crippen LogP contribution < -0.4 is 0 Å². The molecule has 80 valence electrons. The summed E-state index contributed by atoms with van der Waals surface area (Å²) in [6.07, 6.45) is 0. The fraction of sp³-hybridized carbons (Fsp3) is 0. The van der Waals surface area contributed by atoms with Crippen molar-refractivity contribution in [2.45, 2.75) is 0 Å². The van der Waals surface area contributed by atoms with E-state index in [0.29, 0.717) is 13.4 Å². The Kier molecular flexibility index (Phi) is 4.80. The number of carbonyl (C=O) groups is 2. The molecule has 0 aliphatic heterocycles. The Labute approximate surface area is 121 Å². The van der Waals surface area contributed by atoms with Crippen LogP contribution in [-0.4, -0.2) is 10.5 Å². The van der Waals surface area contributed by atoms with E-state index in [1.54, 1.807) is 0 Å². The average Bonchev–Trinajstić information content (AvgIpc) is 2.10. The molecular formula is C8HBr3Cl2O2. The van der Waals surface area contributed by atoms with Gasteiger partial charge < -0.3 is 0 Å². The lowest BCUT2D eigenvalue weighted by atomic mass is 10.1. The molecule has 0 amide bonds. The molecule has 0 spiro atoms. The van der Waals surface area contributed by atoms with Crippen LogP contribution in [0.2, 0.25) is 0 Å². The van der Waals surface area contributed by atoms with Gasteiger partial charge in [0.15, 0.2) is 0 Å². The molecule has 1 aromatic carbocycles. The maximum atomic E-state index is 11.1. The number of carbonyl (C=O) groups excluding carboxylic acids is 2. The second-order valence-corrected chi connectivity index (χ2v) is 5.58. The highest BCUT2D eigenvalue weighted by Gasteiger charge is 2.20. The zero-order valence-electron chi connectivity index (χ0n) is 6.78. The smallest absolute Gasteiger partial charge is 0.254 e. The summed E-state index contributed by atoms with van der Waals surface area (Å²) in [5.41, 5.74) is 0.488. The fourth-order valence-electron chi connectivity index (χ4n) is 0.918. The highest BCUT2D eigenvalue weighted by atomic mass is 79.9. The Morgan fingerprint density at radius 1 is 1.00 bits per heavy atom. The highest BCUT2D eigenvalue weighted by Crippen LogP contribution is 2.36. The Morgan fingerprint density at radius 2 is 1.53 bits per heavy atom. The molecule has 7 heteroatoms. The van der Waals surface area contributed by atoms with Gasteiger partial charge in [-0.15, -0.1) is 0 Å². The van der Waals surface area contributed by atoms with E-state index in [9.17, 15) is 9.59 Å². The van der Waals surface area contributed by atoms with Gasteiger partial charge in [-0.05, 0) is 77.1 Å². The van der Waals surface area contributed by atoms with Crippen LogP contribution in [0, 0.1) is 0 Å². The van der Waals surface area contributed by atoms with Crippen molar-refractivity contribution in [1.82, 2.24) is 0 Å². The average molecular weight is 440 g/mol. The number of hydrogen-bond acceptors (Lipinski definition) is 2. The maximum absolute atomic E-state index is 11.1. The summed E-state index contributed by atoms with van der Waals surface area (Å²) in [4.78, 5) is 22.1. The van der Waals surface area contributed by atoms with Crippen LogP contribution in [0.4, 0.5) is 0 Å². The van der Waals surface area contributed by atoms with Gasteiger partial charge in [0.1, 0.15) is 0 Å². The van der Waals surface area contributed by atoms with Crippen LogP contribution in [0.15, 0.2) is 19.5 Å². The highest BCUT2D eigenvalue weighted by molar-refractivity contribution is 9.13. The molecule has 0 unspecified atom stereocenters. The van der Waals surface area contributed by atoms with Crippen molar-refractivity contribution in [2.75, 3.05) is 0 Å². The van der Waals surface area contributed by atoms with Crippen LogP contribution in [0.3, 0.4) is 0 Å². The van der Waals surface area contributed by atoms with Crippen LogP contribution >= 0.6 is 71.0 Å². The summed E-state index contributed by atoms with van der Waals surface area (Å²) in [5, 5.41) is -1.26. The van der Waals surface area contributed by atoms with Gasteiger partial charge >= 0.3 is 0 Å². The second kappa shape index (κ2) is 5.27. The quantitative estimate of drug-likeness (QED) is 0.493.